The monoisotopic (exact) mass is 245 g/mol. The molecular weight excluding hydrogens is 226 g/mol. The molecule has 1 aliphatic rings. The van der Waals surface area contributed by atoms with E-state index in [9.17, 15) is 0 Å². The highest BCUT2D eigenvalue weighted by molar-refractivity contribution is 5.62. The Morgan fingerprint density at radius 1 is 1.61 bits per heavy atom. The van der Waals surface area contributed by atoms with E-state index in [-0.39, 0.29) is 0 Å². The van der Waals surface area contributed by atoms with Crippen molar-refractivity contribution in [3.8, 4) is 6.07 Å². The number of nitrogens with two attached hydrogens (primary N) is 1. The van der Waals surface area contributed by atoms with Gasteiger partial charge in [0, 0.05) is 25.3 Å². The van der Waals surface area contributed by atoms with Crippen LogP contribution >= 0.6 is 0 Å². The summed E-state index contributed by atoms with van der Waals surface area (Å²) in [6.45, 7) is 5.10. The molecule has 0 spiro atoms. The van der Waals surface area contributed by atoms with Crippen LogP contribution in [-0.4, -0.2) is 35.6 Å². The van der Waals surface area contributed by atoms with Crippen molar-refractivity contribution in [2.45, 2.75) is 25.8 Å². The number of nitriles is 1. The molecule has 0 aromatic carbocycles. The highest BCUT2D eigenvalue weighted by atomic mass is 15.2. The lowest BCUT2D eigenvalue weighted by atomic mass is 10.3. The van der Waals surface area contributed by atoms with E-state index in [2.05, 4.69) is 22.1 Å². The van der Waals surface area contributed by atoms with Crippen LogP contribution in [-0.2, 0) is 0 Å². The number of hydrogen-bond donors (Lipinski definition) is 2. The minimum absolute atomic E-state index is 0.492. The predicted molar refractivity (Wildman–Crippen MR) is 72.1 cm³/mol. The summed E-state index contributed by atoms with van der Waals surface area (Å²) in [4.78, 5) is 6.62. The summed E-state index contributed by atoms with van der Waals surface area (Å²) in [6, 6.07) is 4.45. The Morgan fingerprint density at radius 2 is 2.39 bits per heavy atom. The molecule has 1 aromatic rings. The number of nitrogens with one attached hydrogen (secondary N) is 1. The Labute approximate surface area is 108 Å². The van der Waals surface area contributed by atoms with Crippen molar-refractivity contribution in [3.63, 3.8) is 0 Å². The topological polar surface area (TPSA) is 78.0 Å². The molecule has 5 nitrogen and oxygen atoms in total. The molecule has 96 valence electrons. The van der Waals surface area contributed by atoms with Gasteiger partial charge in [-0.05, 0) is 25.5 Å². The molecule has 18 heavy (non-hydrogen) atoms. The lowest BCUT2D eigenvalue weighted by Gasteiger charge is -2.20. The van der Waals surface area contributed by atoms with E-state index in [1.807, 2.05) is 6.07 Å². The largest absolute Gasteiger partial charge is 0.396 e. The number of rotatable bonds is 6. The third-order valence-electron chi connectivity index (χ3n) is 3.21. The van der Waals surface area contributed by atoms with Crippen LogP contribution in [0.5, 0.6) is 0 Å². The highest BCUT2D eigenvalue weighted by Crippen LogP contribution is 2.26. The molecule has 3 N–H and O–H groups in total. The molecule has 2 rings (SSSR count). The van der Waals surface area contributed by atoms with Crippen molar-refractivity contribution < 1.29 is 0 Å². The van der Waals surface area contributed by atoms with E-state index in [1.54, 1.807) is 6.07 Å². The maximum atomic E-state index is 8.73. The van der Waals surface area contributed by atoms with Crippen molar-refractivity contribution in [1.82, 2.24) is 9.88 Å². The van der Waals surface area contributed by atoms with E-state index >= 15 is 0 Å². The van der Waals surface area contributed by atoms with Crippen molar-refractivity contribution in [3.05, 3.63) is 17.8 Å². The fourth-order valence-electron chi connectivity index (χ4n) is 2.05. The summed E-state index contributed by atoms with van der Waals surface area (Å²) >= 11 is 0. The molecule has 0 atom stereocenters. The summed E-state index contributed by atoms with van der Waals surface area (Å²) in [5, 5.41) is 12.0. The zero-order valence-corrected chi connectivity index (χ0v) is 10.7. The van der Waals surface area contributed by atoms with E-state index in [0.29, 0.717) is 17.1 Å². The predicted octanol–water partition coefficient (Wildman–Crippen LogP) is 1.43. The molecule has 0 saturated heterocycles. The molecule has 0 radical (unpaired) electrons. The molecule has 1 aromatic heterocycles. The minimum atomic E-state index is 0.492. The lowest BCUT2D eigenvalue weighted by molar-refractivity contribution is 0.289. The van der Waals surface area contributed by atoms with Gasteiger partial charge < -0.3 is 11.1 Å². The Kier molecular flexibility index (Phi) is 4.00. The molecule has 0 amide bonds. The van der Waals surface area contributed by atoms with Crippen LogP contribution in [0.1, 0.15) is 25.3 Å². The average Bonchev–Trinajstić information content (AvgIpc) is 3.20. The standard InChI is InChI=1S/C13H19N5/c1-2-18(11-3-4-11)6-5-16-13-12(15)7-10(8-14)9-17-13/h7,9,11H,2-6,15H2,1H3,(H,16,17). The number of aromatic nitrogens is 1. The van der Waals surface area contributed by atoms with Crippen LogP contribution in [0.2, 0.25) is 0 Å². The van der Waals surface area contributed by atoms with E-state index < -0.39 is 0 Å². The van der Waals surface area contributed by atoms with Crippen molar-refractivity contribution >= 4 is 11.5 Å². The fraction of sp³-hybridized carbons (Fsp3) is 0.538. The van der Waals surface area contributed by atoms with Crippen LogP contribution in [0, 0.1) is 11.3 Å². The van der Waals surface area contributed by atoms with Gasteiger partial charge in [-0.15, -0.1) is 0 Å². The number of hydrogen-bond acceptors (Lipinski definition) is 5. The van der Waals surface area contributed by atoms with E-state index in [0.717, 1.165) is 25.7 Å². The van der Waals surface area contributed by atoms with Crippen LogP contribution in [0.4, 0.5) is 11.5 Å². The number of nitrogen functional groups attached to an aromatic ring is 1. The highest BCUT2D eigenvalue weighted by Gasteiger charge is 2.27. The summed E-state index contributed by atoms with van der Waals surface area (Å²) in [5.74, 6) is 0.667. The van der Waals surface area contributed by atoms with Gasteiger partial charge in [-0.2, -0.15) is 5.26 Å². The van der Waals surface area contributed by atoms with Crippen LogP contribution in [0.15, 0.2) is 12.3 Å². The van der Waals surface area contributed by atoms with Crippen molar-refractivity contribution in [2.24, 2.45) is 0 Å². The van der Waals surface area contributed by atoms with E-state index in [4.69, 9.17) is 11.0 Å². The van der Waals surface area contributed by atoms with Gasteiger partial charge in [-0.25, -0.2) is 4.98 Å². The van der Waals surface area contributed by atoms with E-state index in [1.165, 1.54) is 19.0 Å². The zero-order chi connectivity index (χ0) is 13.0. The average molecular weight is 245 g/mol. The second-order valence-corrected chi connectivity index (χ2v) is 4.56. The van der Waals surface area contributed by atoms with Gasteiger partial charge >= 0.3 is 0 Å². The molecule has 0 unspecified atom stereocenters. The van der Waals surface area contributed by atoms with Crippen LogP contribution in [0.3, 0.4) is 0 Å². The summed E-state index contributed by atoms with van der Waals surface area (Å²) < 4.78 is 0. The zero-order valence-electron chi connectivity index (χ0n) is 10.7. The SMILES string of the molecule is CCN(CCNc1ncc(C#N)cc1N)C1CC1. The van der Waals surface area contributed by atoms with Crippen molar-refractivity contribution in [2.75, 3.05) is 30.7 Å². The third-order valence-corrected chi connectivity index (χ3v) is 3.21. The van der Waals surface area contributed by atoms with Gasteiger partial charge in [0.15, 0.2) is 0 Å². The molecule has 1 aliphatic carbocycles. The maximum Gasteiger partial charge on any atom is 0.149 e. The first-order valence-electron chi connectivity index (χ1n) is 6.38. The summed E-state index contributed by atoms with van der Waals surface area (Å²) in [6.07, 6.45) is 4.19. The Bertz CT molecular complexity index is 447. The molecule has 1 heterocycles. The molecule has 0 aliphatic heterocycles. The first kappa shape index (κ1) is 12.7. The number of pyridine rings is 1. The first-order chi connectivity index (χ1) is 8.74. The summed E-state index contributed by atoms with van der Waals surface area (Å²) in [5.41, 5.74) is 6.85. The van der Waals surface area contributed by atoms with Crippen molar-refractivity contribution in [1.29, 1.82) is 5.26 Å². The Balaban J connectivity index is 1.84. The number of likely N-dealkylation sites (N-methyl/N-ethyl adjacent to an activating group) is 1. The molecule has 1 saturated carbocycles. The number of anilines is 2. The van der Waals surface area contributed by atoms with Crippen LogP contribution in [0.25, 0.3) is 0 Å². The molecule has 1 fully saturated rings. The lowest BCUT2D eigenvalue weighted by Crippen LogP contribution is -2.31. The van der Waals surface area contributed by atoms with Gasteiger partial charge in [0.2, 0.25) is 0 Å². The van der Waals surface area contributed by atoms with Gasteiger partial charge in [0.1, 0.15) is 11.9 Å². The second-order valence-electron chi connectivity index (χ2n) is 4.56. The van der Waals surface area contributed by atoms with Gasteiger partial charge in [0.05, 0.1) is 11.3 Å². The Morgan fingerprint density at radius 3 is 2.94 bits per heavy atom. The molecule has 0 bridgehead atoms. The first-order valence-corrected chi connectivity index (χ1v) is 6.38. The van der Waals surface area contributed by atoms with Gasteiger partial charge in [-0.1, -0.05) is 6.92 Å². The smallest absolute Gasteiger partial charge is 0.149 e. The summed E-state index contributed by atoms with van der Waals surface area (Å²) in [7, 11) is 0. The van der Waals surface area contributed by atoms with Crippen LogP contribution < -0.4 is 11.1 Å². The third kappa shape index (κ3) is 3.11. The molecular formula is C13H19N5. The second kappa shape index (κ2) is 5.69. The maximum absolute atomic E-state index is 8.73. The normalized spacial score (nSPS) is 14.5. The van der Waals surface area contributed by atoms with Gasteiger partial charge in [-0.3, -0.25) is 4.90 Å². The minimum Gasteiger partial charge on any atom is -0.396 e. The van der Waals surface area contributed by atoms with Gasteiger partial charge in [0.25, 0.3) is 0 Å². The quantitative estimate of drug-likeness (QED) is 0.792. The number of nitrogens with zero attached hydrogens (tertiary/aromatic N) is 3. The Hall–Kier alpha value is -1.80. The fourth-order valence-corrected chi connectivity index (χ4v) is 2.05. The molecule has 5 heteroatoms.